The second kappa shape index (κ2) is 5.59. The largest absolute Gasteiger partial charge is 0.496 e. The van der Waals surface area contributed by atoms with E-state index in [9.17, 15) is 4.39 Å². The Kier molecular flexibility index (Phi) is 3.88. The fourth-order valence-electron chi connectivity index (χ4n) is 1.84. The monoisotopic (exact) mass is 250 g/mol. The summed E-state index contributed by atoms with van der Waals surface area (Å²) in [6, 6.07) is 4.13. The van der Waals surface area contributed by atoms with Crippen LogP contribution in [0.15, 0.2) is 24.5 Å². The van der Waals surface area contributed by atoms with Gasteiger partial charge in [0.1, 0.15) is 23.7 Å². The van der Waals surface area contributed by atoms with Crippen LogP contribution in [0.1, 0.15) is 24.4 Å². The summed E-state index contributed by atoms with van der Waals surface area (Å²) in [5.74, 6) is 0.924. The summed E-state index contributed by atoms with van der Waals surface area (Å²) < 4.78 is 18.7. The van der Waals surface area contributed by atoms with Crippen molar-refractivity contribution in [1.82, 2.24) is 20.5 Å². The number of halogens is 1. The van der Waals surface area contributed by atoms with Gasteiger partial charge < -0.3 is 10.1 Å². The maximum Gasteiger partial charge on any atom is 0.146 e. The molecule has 1 atom stereocenters. The van der Waals surface area contributed by atoms with Crippen LogP contribution in [-0.2, 0) is 0 Å². The standard InChI is InChI=1S/C12H15FN4O/c1-3-14-11(12-15-7-16-17-12)9-6-8(13)4-5-10(9)18-2/h4-7,11,14H,3H2,1-2H3,(H,15,16,17). The van der Waals surface area contributed by atoms with E-state index in [1.165, 1.54) is 18.5 Å². The first kappa shape index (κ1) is 12.5. The van der Waals surface area contributed by atoms with Crippen LogP contribution in [0.4, 0.5) is 4.39 Å². The Morgan fingerprint density at radius 2 is 2.33 bits per heavy atom. The van der Waals surface area contributed by atoms with Crippen molar-refractivity contribution >= 4 is 0 Å². The molecule has 1 aromatic heterocycles. The van der Waals surface area contributed by atoms with E-state index in [4.69, 9.17) is 4.74 Å². The zero-order valence-corrected chi connectivity index (χ0v) is 10.3. The van der Waals surface area contributed by atoms with Crippen molar-refractivity contribution in [1.29, 1.82) is 0 Å². The van der Waals surface area contributed by atoms with Crippen LogP contribution in [0.3, 0.4) is 0 Å². The fraction of sp³-hybridized carbons (Fsp3) is 0.333. The number of benzene rings is 1. The normalized spacial score (nSPS) is 12.4. The van der Waals surface area contributed by atoms with Gasteiger partial charge >= 0.3 is 0 Å². The van der Waals surface area contributed by atoms with E-state index in [0.717, 1.165) is 0 Å². The van der Waals surface area contributed by atoms with Crippen molar-refractivity contribution < 1.29 is 9.13 Å². The first-order valence-electron chi connectivity index (χ1n) is 5.68. The third kappa shape index (κ3) is 2.48. The van der Waals surface area contributed by atoms with E-state index in [0.29, 0.717) is 23.7 Å². The lowest BCUT2D eigenvalue weighted by Crippen LogP contribution is -2.23. The molecule has 0 radical (unpaired) electrons. The van der Waals surface area contributed by atoms with Gasteiger partial charge in [-0.1, -0.05) is 6.92 Å². The summed E-state index contributed by atoms with van der Waals surface area (Å²) in [4.78, 5) is 4.11. The second-order valence-corrected chi connectivity index (χ2v) is 3.75. The lowest BCUT2D eigenvalue weighted by atomic mass is 10.0. The molecule has 2 aromatic rings. The van der Waals surface area contributed by atoms with Gasteiger partial charge in [-0.3, -0.25) is 5.10 Å². The maximum absolute atomic E-state index is 13.4. The van der Waals surface area contributed by atoms with Crippen LogP contribution in [0.5, 0.6) is 5.75 Å². The molecule has 1 aromatic carbocycles. The molecular formula is C12H15FN4O. The molecule has 0 aliphatic rings. The predicted molar refractivity (Wildman–Crippen MR) is 64.9 cm³/mol. The van der Waals surface area contributed by atoms with Gasteiger partial charge in [-0.15, -0.1) is 0 Å². The molecule has 0 aliphatic carbocycles. The number of nitrogens with one attached hydrogen (secondary N) is 2. The summed E-state index contributed by atoms with van der Waals surface area (Å²) in [6.07, 6.45) is 1.42. The van der Waals surface area contributed by atoms with Crippen LogP contribution in [-0.4, -0.2) is 28.8 Å². The molecule has 0 saturated heterocycles. The minimum atomic E-state index is -0.312. The average molecular weight is 250 g/mol. The number of hydrogen-bond acceptors (Lipinski definition) is 4. The highest BCUT2D eigenvalue weighted by Gasteiger charge is 2.20. The van der Waals surface area contributed by atoms with Crippen molar-refractivity contribution in [3.8, 4) is 5.75 Å². The average Bonchev–Trinajstić information content (AvgIpc) is 2.89. The number of rotatable bonds is 5. The summed E-state index contributed by atoms with van der Waals surface area (Å²) in [5.41, 5.74) is 0.691. The Balaban J connectivity index is 2.45. The number of aromatic nitrogens is 3. The Hall–Kier alpha value is -1.95. The summed E-state index contributed by atoms with van der Waals surface area (Å²) in [7, 11) is 1.56. The Bertz CT molecular complexity index is 501. The first-order valence-corrected chi connectivity index (χ1v) is 5.68. The number of aromatic amines is 1. The maximum atomic E-state index is 13.4. The molecule has 0 fully saturated rings. The number of nitrogens with zero attached hydrogens (tertiary/aromatic N) is 2. The topological polar surface area (TPSA) is 62.8 Å². The number of methoxy groups -OCH3 is 1. The van der Waals surface area contributed by atoms with Crippen LogP contribution < -0.4 is 10.1 Å². The smallest absolute Gasteiger partial charge is 0.146 e. The van der Waals surface area contributed by atoms with Crippen molar-refractivity contribution in [3.05, 3.63) is 41.7 Å². The van der Waals surface area contributed by atoms with Crippen LogP contribution >= 0.6 is 0 Å². The van der Waals surface area contributed by atoms with Gasteiger partial charge in [0.05, 0.1) is 13.2 Å². The molecule has 96 valence electrons. The van der Waals surface area contributed by atoms with Gasteiger partial charge in [0.15, 0.2) is 0 Å². The highest BCUT2D eigenvalue weighted by Crippen LogP contribution is 2.28. The number of hydrogen-bond donors (Lipinski definition) is 2. The zero-order chi connectivity index (χ0) is 13.0. The Morgan fingerprint density at radius 1 is 1.50 bits per heavy atom. The molecule has 5 nitrogen and oxygen atoms in total. The molecule has 2 rings (SSSR count). The minimum absolute atomic E-state index is 0.275. The zero-order valence-electron chi connectivity index (χ0n) is 10.3. The van der Waals surface area contributed by atoms with Gasteiger partial charge in [0.2, 0.25) is 0 Å². The summed E-state index contributed by atoms with van der Waals surface area (Å²) >= 11 is 0. The van der Waals surface area contributed by atoms with E-state index in [1.807, 2.05) is 6.92 Å². The van der Waals surface area contributed by atoms with Gasteiger partial charge in [0, 0.05) is 5.56 Å². The Labute approximate surface area is 104 Å². The third-order valence-electron chi connectivity index (χ3n) is 2.62. The van der Waals surface area contributed by atoms with E-state index < -0.39 is 0 Å². The second-order valence-electron chi connectivity index (χ2n) is 3.75. The van der Waals surface area contributed by atoms with Gasteiger partial charge in [0.25, 0.3) is 0 Å². The molecule has 0 amide bonds. The van der Waals surface area contributed by atoms with Crippen molar-refractivity contribution in [2.75, 3.05) is 13.7 Å². The van der Waals surface area contributed by atoms with E-state index in [1.54, 1.807) is 13.2 Å². The van der Waals surface area contributed by atoms with E-state index in [-0.39, 0.29) is 11.9 Å². The van der Waals surface area contributed by atoms with Crippen LogP contribution in [0, 0.1) is 5.82 Å². The first-order chi connectivity index (χ1) is 8.76. The third-order valence-corrected chi connectivity index (χ3v) is 2.62. The van der Waals surface area contributed by atoms with Gasteiger partial charge in [-0.2, -0.15) is 5.10 Å². The quantitative estimate of drug-likeness (QED) is 0.847. The molecule has 18 heavy (non-hydrogen) atoms. The molecule has 0 aliphatic heterocycles. The lowest BCUT2D eigenvalue weighted by molar-refractivity contribution is 0.401. The van der Waals surface area contributed by atoms with Gasteiger partial charge in [-0.05, 0) is 24.7 Å². The van der Waals surface area contributed by atoms with Crippen LogP contribution in [0.2, 0.25) is 0 Å². The highest BCUT2D eigenvalue weighted by molar-refractivity contribution is 5.39. The molecule has 0 bridgehead atoms. The molecule has 0 saturated carbocycles. The van der Waals surface area contributed by atoms with Gasteiger partial charge in [-0.25, -0.2) is 9.37 Å². The van der Waals surface area contributed by atoms with Crippen molar-refractivity contribution in [3.63, 3.8) is 0 Å². The van der Waals surface area contributed by atoms with Crippen molar-refractivity contribution in [2.24, 2.45) is 0 Å². The molecule has 2 N–H and O–H groups in total. The highest BCUT2D eigenvalue weighted by atomic mass is 19.1. The molecule has 0 spiro atoms. The van der Waals surface area contributed by atoms with E-state index >= 15 is 0 Å². The Morgan fingerprint density at radius 3 is 2.94 bits per heavy atom. The molecule has 1 unspecified atom stereocenters. The predicted octanol–water partition coefficient (Wildman–Crippen LogP) is 1.65. The lowest BCUT2D eigenvalue weighted by Gasteiger charge is -2.18. The van der Waals surface area contributed by atoms with Crippen LogP contribution in [0.25, 0.3) is 0 Å². The fourth-order valence-corrected chi connectivity index (χ4v) is 1.84. The van der Waals surface area contributed by atoms with E-state index in [2.05, 4.69) is 20.5 Å². The summed E-state index contributed by atoms with van der Waals surface area (Å²) in [6.45, 7) is 2.68. The molecule has 6 heteroatoms. The molecule has 1 heterocycles. The summed E-state index contributed by atoms with van der Waals surface area (Å²) in [5, 5.41) is 9.83. The minimum Gasteiger partial charge on any atom is -0.496 e. The SMILES string of the molecule is CCNC(c1ncn[nH]1)c1cc(F)ccc1OC. The molecular weight excluding hydrogens is 235 g/mol. The number of ether oxygens (including phenoxy) is 1. The number of H-pyrrole nitrogens is 1. The van der Waals surface area contributed by atoms with Crippen molar-refractivity contribution in [2.45, 2.75) is 13.0 Å².